The van der Waals surface area contributed by atoms with Gasteiger partial charge < -0.3 is 24.4 Å². The maximum Gasteiger partial charge on any atom is 0.337 e. The second kappa shape index (κ2) is 11.5. The number of urea groups is 1. The highest BCUT2D eigenvalue weighted by Gasteiger charge is 2.46. The standard InChI is InChI=1S/C28H27N3O7/c1-36-22-13-7-18(8-14-22)17-30-24(16-25(32)29-20-11-9-19(10-12-20)27(34)38-3)26(33)31(28(30)35)21-5-4-6-23(15-21)37-2/h4-15,24H,16-17H2,1-3H3,(H,29,32)/t24-/m0/s1. The molecule has 0 bridgehead atoms. The van der Waals surface area contributed by atoms with Gasteiger partial charge in [0.2, 0.25) is 5.91 Å². The molecule has 3 aromatic carbocycles. The van der Waals surface area contributed by atoms with Crippen LogP contribution in [0, 0.1) is 0 Å². The zero-order chi connectivity index (χ0) is 27.2. The fraction of sp³-hybridized carbons (Fsp3) is 0.214. The van der Waals surface area contributed by atoms with Crippen LogP contribution in [0.2, 0.25) is 0 Å². The van der Waals surface area contributed by atoms with Gasteiger partial charge in [0.05, 0.1) is 39.0 Å². The van der Waals surface area contributed by atoms with E-state index in [1.165, 1.54) is 31.3 Å². The highest BCUT2D eigenvalue weighted by molar-refractivity contribution is 6.22. The van der Waals surface area contributed by atoms with Gasteiger partial charge in [-0.05, 0) is 54.1 Å². The van der Waals surface area contributed by atoms with Gasteiger partial charge in [-0.2, -0.15) is 0 Å². The summed E-state index contributed by atoms with van der Waals surface area (Å²) in [5.41, 5.74) is 1.89. The molecule has 4 rings (SSSR count). The molecule has 0 unspecified atom stereocenters. The van der Waals surface area contributed by atoms with Crippen molar-refractivity contribution in [3.05, 3.63) is 83.9 Å². The molecular formula is C28H27N3O7. The molecule has 0 radical (unpaired) electrons. The summed E-state index contributed by atoms with van der Waals surface area (Å²) in [4.78, 5) is 54.1. The van der Waals surface area contributed by atoms with E-state index < -0.39 is 29.9 Å². The largest absolute Gasteiger partial charge is 0.497 e. The van der Waals surface area contributed by atoms with Gasteiger partial charge in [0.15, 0.2) is 0 Å². The van der Waals surface area contributed by atoms with Crippen molar-refractivity contribution in [3.8, 4) is 11.5 Å². The number of rotatable bonds is 9. The second-order valence-corrected chi connectivity index (χ2v) is 8.47. The Kier molecular flexibility index (Phi) is 7.91. The van der Waals surface area contributed by atoms with Gasteiger partial charge >= 0.3 is 12.0 Å². The summed E-state index contributed by atoms with van der Waals surface area (Å²) in [7, 11) is 4.33. The number of amides is 4. The number of benzene rings is 3. The maximum absolute atomic E-state index is 13.5. The topological polar surface area (TPSA) is 114 Å². The van der Waals surface area contributed by atoms with E-state index >= 15 is 0 Å². The van der Waals surface area contributed by atoms with Crippen LogP contribution in [0.25, 0.3) is 0 Å². The van der Waals surface area contributed by atoms with Crippen LogP contribution >= 0.6 is 0 Å². The molecule has 3 aromatic rings. The lowest BCUT2D eigenvalue weighted by Gasteiger charge is -2.22. The summed E-state index contributed by atoms with van der Waals surface area (Å²) in [6.45, 7) is 0.112. The second-order valence-electron chi connectivity index (χ2n) is 8.47. The minimum Gasteiger partial charge on any atom is -0.497 e. The molecule has 1 N–H and O–H groups in total. The van der Waals surface area contributed by atoms with Crippen LogP contribution in [0.4, 0.5) is 16.2 Å². The third-order valence-corrected chi connectivity index (χ3v) is 6.11. The Morgan fingerprint density at radius 1 is 0.868 bits per heavy atom. The van der Waals surface area contributed by atoms with Crippen molar-refractivity contribution in [2.45, 2.75) is 19.0 Å². The van der Waals surface area contributed by atoms with E-state index in [9.17, 15) is 19.2 Å². The Bertz CT molecular complexity index is 1340. The van der Waals surface area contributed by atoms with Crippen molar-refractivity contribution in [2.75, 3.05) is 31.5 Å². The van der Waals surface area contributed by atoms with Gasteiger partial charge in [-0.3, -0.25) is 9.59 Å². The third kappa shape index (κ3) is 5.59. The molecule has 0 spiro atoms. The fourth-order valence-corrected chi connectivity index (χ4v) is 4.12. The summed E-state index contributed by atoms with van der Waals surface area (Å²) in [5, 5.41) is 2.72. The molecule has 0 saturated carbocycles. The number of nitrogens with zero attached hydrogens (tertiary/aromatic N) is 2. The van der Waals surface area contributed by atoms with Crippen LogP contribution < -0.4 is 19.7 Å². The van der Waals surface area contributed by atoms with Crippen molar-refractivity contribution in [3.63, 3.8) is 0 Å². The van der Waals surface area contributed by atoms with Crippen molar-refractivity contribution >= 4 is 35.2 Å². The Balaban J connectivity index is 1.57. The van der Waals surface area contributed by atoms with Crippen LogP contribution in [0.1, 0.15) is 22.3 Å². The van der Waals surface area contributed by atoms with Crippen LogP contribution in [0.3, 0.4) is 0 Å². The summed E-state index contributed by atoms with van der Waals surface area (Å²) in [6.07, 6.45) is -0.264. The van der Waals surface area contributed by atoms with E-state index in [1.807, 2.05) is 0 Å². The van der Waals surface area contributed by atoms with Crippen LogP contribution in [0.15, 0.2) is 72.8 Å². The molecule has 10 heteroatoms. The average Bonchev–Trinajstić information content (AvgIpc) is 3.17. The first-order valence-corrected chi connectivity index (χ1v) is 11.7. The molecule has 1 fully saturated rings. The number of hydrogen-bond acceptors (Lipinski definition) is 7. The molecule has 1 aliphatic rings. The van der Waals surface area contributed by atoms with Crippen LogP contribution in [-0.4, -0.2) is 56.1 Å². The molecule has 38 heavy (non-hydrogen) atoms. The lowest BCUT2D eigenvalue weighted by molar-refractivity contribution is -0.124. The van der Waals surface area contributed by atoms with Crippen molar-refractivity contribution in [2.24, 2.45) is 0 Å². The molecule has 196 valence electrons. The lowest BCUT2D eigenvalue weighted by Crippen LogP contribution is -2.37. The molecule has 10 nitrogen and oxygen atoms in total. The molecule has 0 aromatic heterocycles. The first kappa shape index (κ1) is 26.2. The van der Waals surface area contributed by atoms with Crippen molar-refractivity contribution in [1.29, 1.82) is 0 Å². The molecule has 1 aliphatic heterocycles. The Morgan fingerprint density at radius 3 is 2.18 bits per heavy atom. The Labute approximate surface area is 219 Å². The van der Waals surface area contributed by atoms with Crippen molar-refractivity contribution < 1.29 is 33.4 Å². The molecule has 1 saturated heterocycles. The van der Waals surface area contributed by atoms with Gasteiger partial charge in [-0.1, -0.05) is 18.2 Å². The number of methoxy groups -OCH3 is 3. The monoisotopic (exact) mass is 517 g/mol. The van der Waals surface area contributed by atoms with Gasteiger partial charge in [-0.15, -0.1) is 0 Å². The summed E-state index contributed by atoms with van der Waals surface area (Å²) >= 11 is 0. The summed E-state index contributed by atoms with van der Waals surface area (Å²) in [6, 6.07) is 18.3. The minimum atomic E-state index is -1.04. The maximum atomic E-state index is 13.5. The average molecular weight is 518 g/mol. The predicted molar refractivity (Wildman–Crippen MR) is 139 cm³/mol. The molecule has 1 heterocycles. The van der Waals surface area contributed by atoms with E-state index in [1.54, 1.807) is 67.8 Å². The Hall–Kier alpha value is -4.86. The first-order valence-electron chi connectivity index (χ1n) is 11.7. The van der Waals surface area contributed by atoms with Gasteiger partial charge in [0.1, 0.15) is 17.5 Å². The van der Waals surface area contributed by atoms with Gasteiger partial charge in [0.25, 0.3) is 5.91 Å². The first-order chi connectivity index (χ1) is 18.3. The zero-order valence-corrected chi connectivity index (χ0v) is 21.2. The minimum absolute atomic E-state index is 0.112. The third-order valence-electron chi connectivity index (χ3n) is 6.11. The fourth-order valence-electron chi connectivity index (χ4n) is 4.12. The number of carbonyl (C=O) groups excluding carboxylic acids is 4. The van der Waals surface area contributed by atoms with Crippen LogP contribution in [0.5, 0.6) is 11.5 Å². The van der Waals surface area contributed by atoms with E-state index in [-0.39, 0.29) is 13.0 Å². The number of anilines is 2. The number of carbonyl (C=O) groups is 4. The molecule has 1 atom stereocenters. The quantitative estimate of drug-likeness (QED) is 0.339. The smallest absolute Gasteiger partial charge is 0.337 e. The number of nitrogens with one attached hydrogen (secondary N) is 1. The molecule has 4 amide bonds. The van der Waals surface area contributed by atoms with Gasteiger partial charge in [0, 0.05) is 18.3 Å². The number of esters is 1. The van der Waals surface area contributed by atoms with E-state index in [0.717, 1.165) is 10.5 Å². The summed E-state index contributed by atoms with van der Waals surface area (Å²) < 4.78 is 15.1. The number of hydrogen-bond donors (Lipinski definition) is 1. The number of imide groups is 1. The van der Waals surface area contributed by atoms with E-state index in [2.05, 4.69) is 10.1 Å². The SMILES string of the molecule is COC(=O)c1ccc(NC(=O)C[C@H]2C(=O)N(c3cccc(OC)c3)C(=O)N2Cc2ccc(OC)cc2)cc1. The van der Waals surface area contributed by atoms with Crippen molar-refractivity contribution in [1.82, 2.24) is 4.90 Å². The lowest BCUT2D eigenvalue weighted by atomic mass is 10.1. The molecule has 0 aliphatic carbocycles. The van der Waals surface area contributed by atoms with Gasteiger partial charge in [-0.25, -0.2) is 14.5 Å². The Morgan fingerprint density at radius 2 is 1.55 bits per heavy atom. The normalized spacial score (nSPS) is 14.9. The van der Waals surface area contributed by atoms with Crippen LogP contribution in [-0.2, 0) is 20.9 Å². The number of ether oxygens (including phenoxy) is 3. The molecular weight excluding hydrogens is 490 g/mol. The highest BCUT2D eigenvalue weighted by atomic mass is 16.5. The zero-order valence-electron chi connectivity index (χ0n) is 21.2. The predicted octanol–water partition coefficient (Wildman–Crippen LogP) is 3.86. The highest BCUT2D eigenvalue weighted by Crippen LogP contribution is 2.31. The van der Waals surface area contributed by atoms with E-state index in [4.69, 9.17) is 9.47 Å². The summed E-state index contributed by atoms with van der Waals surface area (Å²) in [5.74, 6) is -0.335. The van der Waals surface area contributed by atoms with E-state index in [0.29, 0.717) is 28.4 Å².